The fourth-order valence-electron chi connectivity index (χ4n) is 1.34. The maximum atomic E-state index is 11.1. The molecule has 0 spiro atoms. The predicted molar refractivity (Wildman–Crippen MR) is 59.6 cm³/mol. The standard InChI is InChI=1S/C10H6ClN5O/c11-10-14-2-1-8(15-10)16-4-6(3-12)7(5-16)9(13)17/h1-2,4-5H,(H2,13,17). The Hall–Kier alpha value is -2.39. The minimum absolute atomic E-state index is 0.0790. The highest BCUT2D eigenvalue weighted by Crippen LogP contribution is 2.14. The second-order valence-corrected chi connectivity index (χ2v) is 3.49. The van der Waals surface area contributed by atoms with E-state index >= 15 is 0 Å². The summed E-state index contributed by atoms with van der Waals surface area (Å²) in [5.74, 6) is -0.213. The summed E-state index contributed by atoms with van der Waals surface area (Å²) >= 11 is 5.65. The van der Waals surface area contributed by atoms with Crippen LogP contribution in [-0.2, 0) is 0 Å². The molecule has 1 amide bonds. The lowest BCUT2D eigenvalue weighted by Crippen LogP contribution is -2.11. The number of primary amides is 1. The highest BCUT2D eigenvalue weighted by Gasteiger charge is 2.12. The van der Waals surface area contributed by atoms with Crippen LogP contribution in [0.15, 0.2) is 24.7 Å². The molecular weight excluding hydrogens is 242 g/mol. The smallest absolute Gasteiger partial charge is 0.251 e. The van der Waals surface area contributed by atoms with Crippen molar-refractivity contribution in [3.63, 3.8) is 0 Å². The number of amides is 1. The molecule has 2 heterocycles. The summed E-state index contributed by atoms with van der Waals surface area (Å²) in [6.07, 6.45) is 4.36. The van der Waals surface area contributed by atoms with Crippen LogP contribution in [0.2, 0.25) is 5.28 Å². The summed E-state index contributed by atoms with van der Waals surface area (Å²) in [7, 11) is 0. The van der Waals surface area contributed by atoms with Crippen molar-refractivity contribution in [1.82, 2.24) is 14.5 Å². The van der Waals surface area contributed by atoms with Crippen LogP contribution in [0.4, 0.5) is 0 Å². The monoisotopic (exact) mass is 247 g/mol. The van der Waals surface area contributed by atoms with Gasteiger partial charge in [-0.25, -0.2) is 4.98 Å². The number of aromatic nitrogens is 3. The van der Waals surface area contributed by atoms with Crippen molar-refractivity contribution in [2.75, 3.05) is 0 Å². The van der Waals surface area contributed by atoms with Crippen molar-refractivity contribution in [3.05, 3.63) is 41.1 Å². The number of carbonyl (C=O) groups is 1. The zero-order valence-electron chi connectivity index (χ0n) is 8.46. The lowest BCUT2D eigenvalue weighted by Gasteiger charge is -1.99. The van der Waals surface area contributed by atoms with Gasteiger partial charge in [0.05, 0.1) is 11.1 Å². The lowest BCUT2D eigenvalue weighted by molar-refractivity contribution is 0.1000. The molecule has 0 radical (unpaired) electrons. The van der Waals surface area contributed by atoms with Gasteiger partial charge in [0.25, 0.3) is 5.91 Å². The van der Waals surface area contributed by atoms with Crippen LogP contribution < -0.4 is 5.73 Å². The summed E-state index contributed by atoms with van der Waals surface area (Å²) in [5, 5.41) is 8.93. The highest BCUT2D eigenvalue weighted by molar-refractivity contribution is 6.28. The predicted octanol–water partition coefficient (Wildman–Crippen LogP) is 0.891. The molecule has 2 N–H and O–H groups in total. The maximum Gasteiger partial charge on any atom is 0.251 e. The fraction of sp³-hybridized carbons (Fsp3) is 0. The molecule has 2 rings (SSSR count). The molecule has 0 atom stereocenters. The van der Waals surface area contributed by atoms with E-state index < -0.39 is 5.91 Å². The van der Waals surface area contributed by atoms with Gasteiger partial charge in [0.1, 0.15) is 11.9 Å². The van der Waals surface area contributed by atoms with Crippen molar-refractivity contribution in [3.8, 4) is 11.9 Å². The van der Waals surface area contributed by atoms with Gasteiger partial charge in [-0.2, -0.15) is 10.2 Å². The number of nitrogens with two attached hydrogens (primary N) is 1. The van der Waals surface area contributed by atoms with Crippen LogP contribution in [0.5, 0.6) is 0 Å². The Bertz CT molecular complexity index is 628. The Morgan fingerprint density at radius 3 is 2.82 bits per heavy atom. The minimum Gasteiger partial charge on any atom is -0.366 e. The molecule has 0 aromatic carbocycles. The number of rotatable bonds is 2. The molecule has 0 aliphatic heterocycles. The van der Waals surface area contributed by atoms with Crippen molar-refractivity contribution in [1.29, 1.82) is 5.26 Å². The van der Waals surface area contributed by atoms with Gasteiger partial charge in [-0.1, -0.05) is 0 Å². The molecule has 84 valence electrons. The first-order valence-electron chi connectivity index (χ1n) is 4.52. The number of hydrogen-bond acceptors (Lipinski definition) is 4. The fourth-order valence-corrected chi connectivity index (χ4v) is 1.49. The third-order valence-corrected chi connectivity index (χ3v) is 2.27. The molecule has 0 unspecified atom stereocenters. The van der Waals surface area contributed by atoms with Gasteiger partial charge < -0.3 is 10.3 Å². The summed E-state index contributed by atoms with van der Waals surface area (Å²) in [6, 6.07) is 3.48. The SMILES string of the molecule is N#Cc1cn(-c2ccnc(Cl)n2)cc1C(N)=O. The van der Waals surface area contributed by atoms with Crippen molar-refractivity contribution < 1.29 is 4.79 Å². The Balaban J connectivity index is 2.55. The largest absolute Gasteiger partial charge is 0.366 e. The van der Waals surface area contributed by atoms with Gasteiger partial charge in [-0.3, -0.25) is 4.79 Å². The molecule has 0 fully saturated rings. The van der Waals surface area contributed by atoms with E-state index in [2.05, 4.69) is 9.97 Å². The van der Waals surface area contributed by atoms with Crippen LogP contribution in [-0.4, -0.2) is 20.4 Å². The van der Waals surface area contributed by atoms with E-state index in [9.17, 15) is 4.79 Å². The molecule has 0 aliphatic carbocycles. The number of nitrogens with zero attached hydrogens (tertiary/aromatic N) is 4. The van der Waals surface area contributed by atoms with Crippen LogP contribution >= 0.6 is 11.6 Å². The van der Waals surface area contributed by atoms with Gasteiger partial charge in [-0.05, 0) is 17.7 Å². The van der Waals surface area contributed by atoms with Crippen LogP contribution in [0.1, 0.15) is 15.9 Å². The average molecular weight is 248 g/mol. The molecule has 0 bridgehead atoms. The number of halogens is 1. The quantitative estimate of drug-likeness (QED) is 0.797. The highest BCUT2D eigenvalue weighted by atomic mass is 35.5. The van der Waals surface area contributed by atoms with Gasteiger partial charge in [0.2, 0.25) is 5.28 Å². The van der Waals surface area contributed by atoms with Crippen molar-refractivity contribution in [2.45, 2.75) is 0 Å². The van der Waals surface area contributed by atoms with Gasteiger partial charge in [-0.15, -0.1) is 0 Å². The Morgan fingerprint density at radius 1 is 1.53 bits per heavy atom. The molecule has 17 heavy (non-hydrogen) atoms. The number of nitriles is 1. The first-order valence-corrected chi connectivity index (χ1v) is 4.90. The molecule has 7 heteroatoms. The van der Waals surface area contributed by atoms with E-state index in [4.69, 9.17) is 22.6 Å². The Kier molecular flexibility index (Phi) is 2.77. The lowest BCUT2D eigenvalue weighted by atomic mass is 10.2. The average Bonchev–Trinajstić information content (AvgIpc) is 2.73. The zero-order valence-corrected chi connectivity index (χ0v) is 9.22. The molecule has 2 aromatic heterocycles. The first-order chi connectivity index (χ1) is 8.11. The minimum atomic E-state index is -0.666. The Morgan fingerprint density at radius 2 is 2.29 bits per heavy atom. The molecule has 0 aliphatic rings. The van der Waals surface area contributed by atoms with E-state index in [1.165, 1.54) is 23.2 Å². The second-order valence-electron chi connectivity index (χ2n) is 3.15. The maximum absolute atomic E-state index is 11.1. The van der Waals surface area contributed by atoms with E-state index in [-0.39, 0.29) is 16.4 Å². The van der Waals surface area contributed by atoms with Crippen LogP contribution in [0.25, 0.3) is 5.82 Å². The van der Waals surface area contributed by atoms with Crippen molar-refractivity contribution in [2.24, 2.45) is 5.73 Å². The van der Waals surface area contributed by atoms with E-state index in [1.807, 2.05) is 6.07 Å². The van der Waals surface area contributed by atoms with E-state index in [0.717, 1.165) is 0 Å². The molecular formula is C10H6ClN5O. The van der Waals surface area contributed by atoms with Crippen LogP contribution in [0.3, 0.4) is 0 Å². The third kappa shape index (κ3) is 2.09. The normalized spacial score (nSPS) is 9.88. The zero-order chi connectivity index (χ0) is 12.4. The Labute approximate surface area is 101 Å². The van der Waals surface area contributed by atoms with Gasteiger partial charge in [0.15, 0.2) is 0 Å². The molecule has 2 aromatic rings. The summed E-state index contributed by atoms with van der Waals surface area (Å²) in [5.41, 5.74) is 5.48. The van der Waals surface area contributed by atoms with E-state index in [1.54, 1.807) is 6.07 Å². The van der Waals surface area contributed by atoms with Gasteiger partial charge >= 0.3 is 0 Å². The topological polar surface area (TPSA) is 97.6 Å². The molecule has 6 nitrogen and oxygen atoms in total. The second kappa shape index (κ2) is 4.23. The summed E-state index contributed by atoms with van der Waals surface area (Å²) in [6.45, 7) is 0. The van der Waals surface area contributed by atoms with Crippen molar-refractivity contribution >= 4 is 17.5 Å². The molecule has 0 saturated heterocycles. The number of hydrogen-bond donors (Lipinski definition) is 1. The van der Waals surface area contributed by atoms with E-state index in [0.29, 0.717) is 5.82 Å². The van der Waals surface area contributed by atoms with Crippen LogP contribution in [0, 0.1) is 11.3 Å². The molecule has 0 saturated carbocycles. The van der Waals surface area contributed by atoms with Gasteiger partial charge in [0, 0.05) is 18.6 Å². The summed E-state index contributed by atoms with van der Waals surface area (Å²) < 4.78 is 1.49. The summed E-state index contributed by atoms with van der Waals surface area (Å²) in [4.78, 5) is 18.8. The number of carbonyl (C=O) groups excluding carboxylic acids is 1. The third-order valence-electron chi connectivity index (χ3n) is 2.09. The first kappa shape index (κ1) is 11.1.